The molecule has 0 heterocycles. The summed E-state index contributed by atoms with van der Waals surface area (Å²) in [6, 6.07) is 2.78. The van der Waals surface area contributed by atoms with Crippen LogP contribution in [0.2, 0.25) is 0 Å². The lowest BCUT2D eigenvalue weighted by Crippen LogP contribution is -2.54. The van der Waals surface area contributed by atoms with Crippen molar-refractivity contribution in [3.63, 3.8) is 0 Å². The minimum Gasteiger partial charge on any atom is -0.488 e. The van der Waals surface area contributed by atoms with Gasteiger partial charge in [0.1, 0.15) is 12.4 Å². The molecule has 124 valence electrons. The summed E-state index contributed by atoms with van der Waals surface area (Å²) in [5, 5.41) is 2.78. The normalized spacial score (nSPS) is 17.5. The quantitative estimate of drug-likeness (QED) is 0.869. The molecule has 0 aliphatic heterocycles. The van der Waals surface area contributed by atoms with Gasteiger partial charge >= 0.3 is 0 Å². The first-order valence-electron chi connectivity index (χ1n) is 7.08. The standard InChI is InChI=1S/C15H20F2N2O2.ClH/c1-10(19-14(20)15(18)6-2-3-7-15)9-21-13-5-4-11(16)8-12(13)17;/h4-5,8,10H,2-3,6-7,9,18H2,1H3,(H,19,20);1H. The highest BCUT2D eigenvalue weighted by atomic mass is 35.5. The van der Waals surface area contributed by atoms with Crippen molar-refractivity contribution in [1.82, 2.24) is 5.32 Å². The Bertz CT molecular complexity index is 522. The highest BCUT2D eigenvalue weighted by molar-refractivity contribution is 5.86. The first-order chi connectivity index (χ1) is 9.90. The zero-order chi connectivity index (χ0) is 15.5. The first-order valence-corrected chi connectivity index (χ1v) is 7.08. The van der Waals surface area contributed by atoms with Crippen LogP contribution in [0.1, 0.15) is 32.6 Å². The van der Waals surface area contributed by atoms with E-state index in [0.29, 0.717) is 12.8 Å². The van der Waals surface area contributed by atoms with Crippen LogP contribution in [0, 0.1) is 11.6 Å². The van der Waals surface area contributed by atoms with E-state index >= 15 is 0 Å². The molecule has 1 saturated carbocycles. The van der Waals surface area contributed by atoms with Crippen LogP contribution in [0.5, 0.6) is 5.75 Å². The molecule has 0 spiro atoms. The third-order valence-corrected chi connectivity index (χ3v) is 3.71. The van der Waals surface area contributed by atoms with Crippen molar-refractivity contribution in [1.29, 1.82) is 0 Å². The molecule has 2 rings (SSSR count). The molecular formula is C15H21ClF2N2O2. The fourth-order valence-corrected chi connectivity index (χ4v) is 2.45. The van der Waals surface area contributed by atoms with Crippen molar-refractivity contribution in [3.05, 3.63) is 29.8 Å². The van der Waals surface area contributed by atoms with Crippen molar-refractivity contribution < 1.29 is 18.3 Å². The molecule has 1 aliphatic carbocycles. The molecule has 4 nitrogen and oxygen atoms in total. The number of nitrogens with one attached hydrogen (secondary N) is 1. The SMILES string of the molecule is CC(COc1ccc(F)cc1F)NC(=O)C1(N)CCCC1.Cl. The first kappa shape index (κ1) is 18.6. The van der Waals surface area contributed by atoms with Gasteiger partial charge in [-0.3, -0.25) is 4.79 Å². The maximum absolute atomic E-state index is 13.4. The summed E-state index contributed by atoms with van der Waals surface area (Å²) >= 11 is 0. The van der Waals surface area contributed by atoms with Crippen molar-refractivity contribution in [2.75, 3.05) is 6.61 Å². The van der Waals surface area contributed by atoms with Gasteiger partial charge in [0, 0.05) is 6.07 Å². The van der Waals surface area contributed by atoms with E-state index in [4.69, 9.17) is 10.5 Å². The lowest BCUT2D eigenvalue weighted by Gasteiger charge is -2.25. The average molecular weight is 335 g/mol. The molecule has 1 fully saturated rings. The molecule has 0 saturated heterocycles. The molecule has 1 aliphatic rings. The molecule has 0 radical (unpaired) electrons. The van der Waals surface area contributed by atoms with Crippen LogP contribution in [0.4, 0.5) is 8.78 Å². The minimum absolute atomic E-state index is 0. The largest absolute Gasteiger partial charge is 0.488 e. The van der Waals surface area contributed by atoms with Crippen molar-refractivity contribution in [2.45, 2.75) is 44.2 Å². The number of halogens is 3. The van der Waals surface area contributed by atoms with Gasteiger partial charge in [0.05, 0.1) is 11.6 Å². The molecule has 0 aromatic heterocycles. The number of hydrogen-bond donors (Lipinski definition) is 2. The van der Waals surface area contributed by atoms with E-state index in [2.05, 4.69) is 5.32 Å². The molecule has 7 heteroatoms. The van der Waals surface area contributed by atoms with Crippen LogP contribution in [0.3, 0.4) is 0 Å². The Hall–Kier alpha value is -1.40. The second-order valence-electron chi connectivity index (χ2n) is 5.62. The van der Waals surface area contributed by atoms with Gasteiger partial charge in [-0.15, -0.1) is 12.4 Å². The molecule has 1 aromatic carbocycles. The number of amides is 1. The zero-order valence-electron chi connectivity index (χ0n) is 12.4. The lowest BCUT2D eigenvalue weighted by atomic mass is 9.98. The fraction of sp³-hybridized carbons (Fsp3) is 0.533. The van der Waals surface area contributed by atoms with E-state index in [1.54, 1.807) is 6.92 Å². The Morgan fingerprint density at radius 3 is 2.64 bits per heavy atom. The molecule has 1 unspecified atom stereocenters. The Balaban J connectivity index is 0.00000242. The van der Waals surface area contributed by atoms with Crippen LogP contribution >= 0.6 is 12.4 Å². The van der Waals surface area contributed by atoms with Crippen LogP contribution in [-0.4, -0.2) is 24.1 Å². The van der Waals surface area contributed by atoms with Gasteiger partial charge in [-0.05, 0) is 31.9 Å². The van der Waals surface area contributed by atoms with Crippen LogP contribution < -0.4 is 15.8 Å². The van der Waals surface area contributed by atoms with E-state index in [0.717, 1.165) is 25.0 Å². The van der Waals surface area contributed by atoms with Gasteiger partial charge in [-0.1, -0.05) is 12.8 Å². The highest BCUT2D eigenvalue weighted by Crippen LogP contribution is 2.27. The number of carbonyl (C=O) groups is 1. The van der Waals surface area contributed by atoms with Crippen LogP contribution in [0.25, 0.3) is 0 Å². The lowest BCUT2D eigenvalue weighted by molar-refractivity contribution is -0.127. The summed E-state index contributed by atoms with van der Waals surface area (Å²) in [6.07, 6.45) is 3.27. The maximum Gasteiger partial charge on any atom is 0.240 e. The van der Waals surface area contributed by atoms with Gasteiger partial charge < -0.3 is 15.8 Å². The second kappa shape index (κ2) is 7.74. The molecular weight excluding hydrogens is 314 g/mol. The molecule has 1 aromatic rings. The molecule has 1 amide bonds. The van der Waals surface area contributed by atoms with E-state index < -0.39 is 17.2 Å². The number of hydrogen-bond acceptors (Lipinski definition) is 3. The summed E-state index contributed by atoms with van der Waals surface area (Å²) in [5.74, 6) is -1.66. The molecule has 3 N–H and O–H groups in total. The summed E-state index contributed by atoms with van der Waals surface area (Å²) in [4.78, 5) is 12.1. The second-order valence-corrected chi connectivity index (χ2v) is 5.62. The minimum atomic E-state index is -0.796. The topological polar surface area (TPSA) is 64.3 Å². The molecule has 22 heavy (non-hydrogen) atoms. The summed E-state index contributed by atoms with van der Waals surface area (Å²) in [5.41, 5.74) is 5.25. The third-order valence-electron chi connectivity index (χ3n) is 3.71. The van der Waals surface area contributed by atoms with Gasteiger partial charge in [0.2, 0.25) is 5.91 Å². The smallest absolute Gasteiger partial charge is 0.240 e. The van der Waals surface area contributed by atoms with Gasteiger partial charge in [0.15, 0.2) is 11.6 Å². The van der Waals surface area contributed by atoms with Crippen molar-refractivity contribution in [3.8, 4) is 5.75 Å². The van der Waals surface area contributed by atoms with Gasteiger partial charge in [-0.2, -0.15) is 0 Å². The van der Waals surface area contributed by atoms with E-state index in [1.165, 1.54) is 6.07 Å². The molecule has 0 bridgehead atoms. The van der Waals surface area contributed by atoms with Crippen molar-refractivity contribution in [2.24, 2.45) is 5.73 Å². The predicted octanol–water partition coefficient (Wildman–Crippen LogP) is 2.54. The highest BCUT2D eigenvalue weighted by Gasteiger charge is 2.37. The summed E-state index contributed by atoms with van der Waals surface area (Å²) in [7, 11) is 0. The monoisotopic (exact) mass is 334 g/mol. The Kier molecular flexibility index (Phi) is 6.56. The number of carbonyl (C=O) groups excluding carboxylic acids is 1. The molecule has 1 atom stereocenters. The number of benzene rings is 1. The Morgan fingerprint density at radius 1 is 1.41 bits per heavy atom. The summed E-state index contributed by atoms with van der Waals surface area (Å²) in [6.45, 7) is 1.84. The van der Waals surface area contributed by atoms with E-state index in [-0.39, 0.29) is 36.7 Å². The maximum atomic E-state index is 13.4. The van der Waals surface area contributed by atoms with Gasteiger partial charge in [0.25, 0.3) is 0 Å². The fourth-order valence-electron chi connectivity index (χ4n) is 2.45. The predicted molar refractivity (Wildman–Crippen MR) is 82.1 cm³/mol. The van der Waals surface area contributed by atoms with E-state index in [9.17, 15) is 13.6 Å². The number of ether oxygens (including phenoxy) is 1. The van der Waals surface area contributed by atoms with E-state index in [1.807, 2.05) is 0 Å². The number of rotatable bonds is 5. The Morgan fingerprint density at radius 2 is 2.05 bits per heavy atom. The van der Waals surface area contributed by atoms with Crippen molar-refractivity contribution >= 4 is 18.3 Å². The zero-order valence-corrected chi connectivity index (χ0v) is 13.2. The third kappa shape index (κ3) is 4.55. The summed E-state index contributed by atoms with van der Waals surface area (Å²) < 4.78 is 31.4. The van der Waals surface area contributed by atoms with Crippen LogP contribution in [-0.2, 0) is 4.79 Å². The van der Waals surface area contributed by atoms with Crippen LogP contribution in [0.15, 0.2) is 18.2 Å². The average Bonchev–Trinajstić information content (AvgIpc) is 2.86. The Labute approximate surface area is 134 Å². The van der Waals surface area contributed by atoms with Gasteiger partial charge in [-0.25, -0.2) is 8.78 Å². The number of nitrogens with two attached hydrogens (primary N) is 1.